The van der Waals surface area contributed by atoms with E-state index in [1.807, 2.05) is 4.57 Å². The molecule has 0 fully saturated rings. The lowest BCUT2D eigenvalue weighted by molar-refractivity contribution is -0.380. The molecule has 0 atom stereocenters. The second-order valence-electron chi connectivity index (χ2n) is 5.92. The van der Waals surface area contributed by atoms with Crippen molar-refractivity contribution in [2.24, 2.45) is 4.99 Å². The van der Waals surface area contributed by atoms with E-state index in [2.05, 4.69) is 4.99 Å². The molecule has 0 aliphatic heterocycles. The maximum Gasteiger partial charge on any atom is 0.337 e. The Morgan fingerprint density at radius 1 is 1.23 bits per heavy atom. The lowest BCUT2D eigenvalue weighted by Gasteiger charge is -2.04. The largest absolute Gasteiger partial charge is 0.465 e. The van der Waals surface area contributed by atoms with Gasteiger partial charge < -0.3 is 14.0 Å². The SMILES string of the molecule is COCCn1c(=NC(=O)/C=C\c2ccc([N+](=O)[O-])s2)sc2cc(C(=O)OC)ccc21. The van der Waals surface area contributed by atoms with Crippen LogP contribution in [0, 0.1) is 10.1 Å². The van der Waals surface area contributed by atoms with Gasteiger partial charge in [-0.25, -0.2) is 4.79 Å². The quantitative estimate of drug-likeness (QED) is 0.238. The minimum Gasteiger partial charge on any atom is -0.465 e. The number of thiazole rings is 1. The van der Waals surface area contributed by atoms with Gasteiger partial charge in [-0.05, 0) is 30.3 Å². The van der Waals surface area contributed by atoms with E-state index in [4.69, 9.17) is 9.47 Å². The summed E-state index contributed by atoms with van der Waals surface area (Å²) in [5.74, 6) is -0.951. The summed E-state index contributed by atoms with van der Waals surface area (Å²) >= 11 is 2.24. The number of thiophene rings is 1. The van der Waals surface area contributed by atoms with E-state index in [0.717, 1.165) is 21.6 Å². The van der Waals surface area contributed by atoms with Crippen LogP contribution in [0.1, 0.15) is 15.2 Å². The summed E-state index contributed by atoms with van der Waals surface area (Å²) in [6.07, 6.45) is 2.76. The number of esters is 1. The second kappa shape index (κ2) is 9.57. The van der Waals surface area contributed by atoms with Crippen LogP contribution in [-0.4, -0.2) is 42.2 Å². The molecule has 9 nitrogen and oxygen atoms in total. The Labute approximate surface area is 178 Å². The summed E-state index contributed by atoms with van der Waals surface area (Å²) in [5.41, 5.74) is 1.22. The number of methoxy groups -OCH3 is 2. The molecule has 2 aromatic heterocycles. The Kier molecular flexibility index (Phi) is 6.87. The molecular formula is C19H17N3O6S2. The molecule has 0 bridgehead atoms. The van der Waals surface area contributed by atoms with Crippen LogP contribution in [0.4, 0.5) is 5.00 Å². The molecule has 0 saturated carbocycles. The third-order valence-electron chi connectivity index (χ3n) is 4.01. The molecular weight excluding hydrogens is 430 g/mol. The van der Waals surface area contributed by atoms with Crippen molar-refractivity contribution in [2.75, 3.05) is 20.8 Å². The lowest BCUT2D eigenvalue weighted by Crippen LogP contribution is -2.18. The average Bonchev–Trinajstić information content (AvgIpc) is 3.34. The summed E-state index contributed by atoms with van der Waals surface area (Å²) in [4.78, 5) is 39.6. The molecule has 1 amide bonds. The van der Waals surface area contributed by atoms with Crippen LogP contribution in [0.15, 0.2) is 41.4 Å². The van der Waals surface area contributed by atoms with Crippen molar-refractivity contribution in [3.05, 3.63) is 61.8 Å². The van der Waals surface area contributed by atoms with Crippen LogP contribution in [0.5, 0.6) is 0 Å². The van der Waals surface area contributed by atoms with E-state index in [9.17, 15) is 19.7 Å². The zero-order valence-electron chi connectivity index (χ0n) is 16.1. The van der Waals surface area contributed by atoms with Gasteiger partial charge in [0, 0.05) is 30.7 Å². The molecule has 30 heavy (non-hydrogen) atoms. The van der Waals surface area contributed by atoms with Gasteiger partial charge in [0.15, 0.2) is 4.80 Å². The molecule has 0 N–H and O–H groups in total. The van der Waals surface area contributed by atoms with Gasteiger partial charge >= 0.3 is 11.0 Å². The van der Waals surface area contributed by atoms with E-state index in [1.54, 1.807) is 31.4 Å². The number of carbonyl (C=O) groups excluding carboxylic acids is 2. The number of aromatic nitrogens is 1. The number of nitro groups is 1. The monoisotopic (exact) mass is 447 g/mol. The predicted molar refractivity (Wildman–Crippen MR) is 114 cm³/mol. The van der Waals surface area contributed by atoms with Gasteiger partial charge in [0.05, 0.1) is 34.4 Å². The molecule has 0 aliphatic carbocycles. The normalized spacial score (nSPS) is 12.0. The van der Waals surface area contributed by atoms with Crippen molar-refractivity contribution in [3.8, 4) is 0 Å². The van der Waals surface area contributed by atoms with Gasteiger partial charge in [-0.2, -0.15) is 4.99 Å². The minimum atomic E-state index is -0.503. The van der Waals surface area contributed by atoms with Crippen molar-refractivity contribution in [2.45, 2.75) is 6.54 Å². The first-order chi connectivity index (χ1) is 14.4. The van der Waals surface area contributed by atoms with Gasteiger partial charge in [0.1, 0.15) is 0 Å². The number of amides is 1. The summed E-state index contributed by atoms with van der Waals surface area (Å²) < 4.78 is 12.5. The maximum absolute atomic E-state index is 12.4. The maximum atomic E-state index is 12.4. The average molecular weight is 447 g/mol. The fourth-order valence-electron chi connectivity index (χ4n) is 2.62. The first-order valence-electron chi connectivity index (χ1n) is 8.64. The smallest absolute Gasteiger partial charge is 0.337 e. The van der Waals surface area contributed by atoms with Crippen LogP contribution < -0.4 is 4.80 Å². The molecule has 0 unspecified atom stereocenters. The minimum absolute atomic E-state index is 0.00219. The highest BCUT2D eigenvalue weighted by Crippen LogP contribution is 2.25. The number of fused-ring (bicyclic) bond motifs is 1. The standard InChI is InChI=1S/C19H17N3O6S2/c1-27-10-9-21-14-6-3-12(18(24)28-2)11-15(14)30-19(21)20-16(23)7-4-13-5-8-17(29-13)22(25)26/h3-8,11H,9-10H2,1-2H3/b7-4-,20-19?. The molecule has 1 aromatic carbocycles. The number of nitrogens with zero attached hydrogens (tertiary/aromatic N) is 3. The van der Waals surface area contributed by atoms with Crippen molar-refractivity contribution < 1.29 is 24.0 Å². The third-order valence-corrected chi connectivity index (χ3v) is 6.05. The molecule has 11 heteroatoms. The number of benzene rings is 1. The highest BCUT2D eigenvalue weighted by atomic mass is 32.1. The number of rotatable bonds is 7. The first kappa shape index (κ1) is 21.6. The van der Waals surface area contributed by atoms with Gasteiger partial charge in [-0.1, -0.05) is 22.7 Å². The zero-order valence-corrected chi connectivity index (χ0v) is 17.7. The van der Waals surface area contributed by atoms with Crippen LogP contribution in [0.25, 0.3) is 16.3 Å². The van der Waals surface area contributed by atoms with E-state index >= 15 is 0 Å². The molecule has 156 valence electrons. The van der Waals surface area contributed by atoms with Gasteiger partial charge in [0.2, 0.25) is 0 Å². The van der Waals surface area contributed by atoms with E-state index < -0.39 is 16.8 Å². The Bertz CT molecular complexity index is 1200. The van der Waals surface area contributed by atoms with Crippen molar-refractivity contribution in [3.63, 3.8) is 0 Å². The molecule has 3 aromatic rings. The number of hydrogen-bond donors (Lipinski definition) is 0. The zero-order chi connectivity index (χ0) is 21.7. The molecule has 2 heterocycles. The highest BCUT2D eigenvalue weighted by Gasteiger charge is 2.12. The van der Waals surface area contributed by atoms with E-state index in [-0.39, 0.29) is 5.00 Å². The van der Waals surface area contributed by atoms with Crippen molar-refractivity contribution >= 4 is 55.8 Å². The number of ether oxygens (including phenoxy) is 2. The molecule has 0 aliphatic rings. The van der Waals surface area contributed by atoms with E-state index in [1.165, 1.54) is 36.7 Å². The Morgan fingerprint density at radius 3 is 2.70 bits per heavy atom. The molecule has 0 spiro atoms. The fourth-order valence-corrected chi connectivity index (χ4v) is 4.44. The topological polar surface area (TPSA) is 113 Å². The van der Waals surface area contributed by atoms with Crippen molar-refractivity contribution in [1.82, 2.24) is 4.57 Å². The Hall–Kier alpha value is -3.15. The second-order valence-corrected chi connectivity index (χ2v) is 8.02. The van der Waals surface area contributed by atoms with Crippen LogP contribution in [0.3, 0.4) is 0 Å². The Balaban J connectivity index is 1.95. The predicted octanol–water partition coefficient (Wildman–Crippen LogP) is 3.25. The summed E-state index contributed by atoms with van der Waals surface area (Å²) in [6, 6.07) is 8.07. The molecule has 0 saturated heterocycles. The first-order valence-corrected chi connectivity index (χ1v) is 10.3. The van der Waals surface area contributed by atoms with Crippen LogP contribution in [0.2, 0.25) is 0 Å². The Morgan fingerprint density at radius 2 is 2.03 bits per heavy atom. The van der Waals surface area contributed by atoms with Gasteiger partial charge in [-0.15, -0.1) is 0 Å². The fraction of sp³-hybridized carbons (Fsp3) is 0.211. The van der Waals surface area contributed by atoms with Gasteiger partial charge in [0.25, 0.3) is 5.91 Å². The molecule has 3 rings (SSSR count). The van der Waals surface area contributed by atoms with E-state index in [0.29, 0.717) is 28.4 Å². The summed E-state index contributed by atoms with van der Waals surface area (Å²) in [6.45, 7) is 0.891. The lowest BCUT2D eigenvalue weighted by atomic mass is 10.2. The molecule has 0 radical (unpaired) electrons. The third kappa shape index (κ3) is 4.87. The van der Waals surface area contributed by atoms with Crippen LogP contribution in [-0.2, 0) is 20.8 Å². The number of carbonyl (C=O) groups is 2. The van der Waals surface area contributed by atoms with Crippen LogP contribution >= 0.6 is 22.7 Å². The summed E-state index contributed by atoms with van der Waals surface area (Å²) in [5, 5.41) is 10.8. The summed E-state index contributed by atoms with van der Waals surface area (Å²) in [7, 11) is 2.89. The number of hydrogen-bond acceptors (Lipinski definition) is 8. The highest BCUT2D eigenvalue weighted by molar-refractivity contribution is 7.16. The van der Waals surface area contributed by atoms with Gasteiger partial charge in [-0.3, -0.25) is 14.9 Å². The van der Waals surface area contributed by atoms with Crippen molar-refractivity contribution in [1.29, 1.82) is 0 Å².